The molecule has 0 saturated heterocycles. The van der Waals surface area contributed by atoms with Gasteiger partial charge in [-0.2, -0.15) is 0 Å². The van der Waals surface area contributed by atoms with Gasteiger partial charge < -0.3 is 4.90 Å². The lowest BCUT2D eigenvalue weighted by atomic mass is 9.82. The molecule has 0 aliphatic carbocycles. The third-order valence-electron chi connectivity index (χ3n) is 1.21. The maximum absolute atomic E-state index is 2.36. The molecule has 0 aliphatic heterocycles. The molecule has 0 unspecified atom stereocenters. The van der Waals surface area contributed by atoms with Crippen molar-refractivity contribution in [1.29, 1.82) is 0 Å². The van der Waals surface area contributed by atoms with Gasteiger partial charge >= 0.3 is 0 Å². The minimum Gasteiger partial charge on any atom is -0.314 e. The predicted molar refractivity (Wildman–Crippen MR) is 40.8 cm³/mol. The van der Waals surface area contributed by atoms with Crippen LogP contribution in [-0.4, -0.2) is 32.2 Å². The van der Waals surface area contributed by atoms with Gasteiger partial charge in [0.1, 0.15) is 7.28 Å². The Morgan fingerprint density at radius 2 is 2.12 bits per heavy atom. The second kappa shape index (κ2) is 5.17. The average Bonchev–Trinajstić information content (AvgIpc) is 1.68. The van der Waals surface area contributed by atoms with Gasteiger partial charge in [0.2, 0.25) is 0 Å². The van der Waals surface area contributed by atoms with Gasteiger partial charge in [-0.1, -0.05) is 13.7 Å². The summed E-state index contributed by atoms with van der Waals surface area (Å²) in [6, 6.07) is 0. The van der Waals surface area contributed by atoms with Gasteiger partial charge in [-0.15, -0.1) is 0 Å². The molecule has 0 aliphatic rings. The second-order valence-corrected chi connectivity index (χ2v) is 2.30. The van der Waals surface area contributed by atoms with Gasteiger partial charge in [0.15, 0.2) is 0 Å². The summed E-state index contributed by atoms with van der Waals surface area (Å²) >= 11 is 0. The maximum Gasteiger partial charge on any atom is 0.135 e. The lowest BCUT2D eigenvalue weighted by Gasteiger charge is -2.12. The van der Waals surface area contributed by atoms with E-state index in [-0.39, 0.29) is 0 Å². The topological polar surface area (TPSA) is 3.24 Å². The highest BCUT2D eigenvalue weighted by Crippen LogP contribution is 1.82. The SMILES string of the molecule is CBCN(C)CCC. The first-order chi connectivity index (χ1) is 3.81. The van der Waals surface area contributed by atoms with Crippen molar-refractivity contribution in [2.24, 2.45) is 0 Å². The van der Waals surface area contributed by atoms with Crippen molar-refractivity contribution in [2.45, 2.75) is 20.2 Å². The molecule has 0 aromatic rings. The molecule has 2 heteroatoms. The van der Waals surface area contributed by atoms with E-state index in [0.717, 1.165) is 0 Å². The number of hydrogen-bond acceptors (Lipinski definition) is 1. The van der Waals surface area contributed by atoms with Crippen molar-refractivity contribution in [3.63, 3.8) is 0 Å². The van der Waals surface area contributed by atoms with Crippen LogP contribution >= 0.6 is 0 Å². The monoisotopic (exact) mass is 113 g/mol. The Morgan fingerprint density at radius 1 is 1.50 bits per heavy atom. The molecule has 0 spiro atoms. The first-order valence-electron chi connectivity index (χ1n) is 3.49. The molecule has 0 bridgehead atoms. The van der Waals surface area contributed by atoms with E-state index in [1.165, 1.54) is 26.7 Å². The van der Waals surface area contributed by atoms with Crippen molar-refractivity contribution >= 4 is 7.28 Å². The molecular formula is C6H16BN. The molecule has 1 nitrogen and oxygen atoms in total. The van der Waals surface area contributed by atoms with Crippen molar-refractivity contribution in [3.8, 4) is 0 Å². The summed E-state index contributed by atoms with van der Waals surface area (Å²) in [7, 11) is 3.45. The molecule has 0 aromatic carbocycles. The van der Waals surface area contributed by atoms with Crippen LogP contribution in [0.1, 0.15) is 13.3 Å². The van der Waals surface area contributed by atoms with Crippen LogP contribution in [0.3, 0.4) is 0 Å². The Bertz CT molecular complexity index is 41.8. The van der Waals surface area contributed by atoms with Crippen LogP contribution in [-0.2, 0) is 0 Å². The van der Waals surface area contributed by atoms with Crippen LogP contribution in [0.25, 0.3) is 0 Å². The molecule has 0 N–H and O–H groups in total. The Kier molecular flexibility index (Phi) is 5.18. The van der Waals surface area contributed by atoms with Gasteiger partial charge in [0.05, 0.1) is 0 Å². The average molecular weight is 113 g/mol. The molecule has 48 valence electrons. The molecule has 0 aromatic heterocycles. The Morgan fingerprint density at radius 3 is 2.50 bits per heavy atom. The van der Waals surface area contributed by atoms with E-state index in [0.29, 0.717) is 0 Å². The van der Waals surface area contributed by atoms with Crippen molar-refractivity contribution in [2.75, 3.05) is 20.0 Å². The Labute approximate surface area is 53.3 Å². The second-order valence-electron chi connectivity index (χ2n) is 2.30. The molecular weight excluding hydrogens is 96.9 g/mol. The maximum atomic E-state index is 2.36. The zero-order valence-corrected chi connectivity index (χ0v) is 6.28. The zero-order valence-electron chi connectivity index (χ0n) is 6.28. The molecule has 0 fully saturated rings. The Balaban J connectivity index is 2.92. The van der Waals surface area contributed by atoms with E-state index in [9.17, 15) is 0 Å². The van der Waals surface area contributed by atoms with E-state index in [1.54, 1.807) is 0 Å². The molecule has 0 saturated carbocycles. The van der Waals surface area contributed by atoms with Gasteiger partial charge in [-0.25, -0.2) is 0 Å². The highest BCUT2D eigenvalue weighted by Gasteiger charge is 1.91. The zero-order chi connectivity index (χ0) is 6.41. The van der Waals surface area contributed by atoms with Gasteiger partial charge in [0, 0.05) is 0 Å². The van der Waals surface area contributed by atoms with Gasteiger partial charge in [-0.05, 0) is 26.5 Å². The summed E-state index contributed by atoms with van der Waals surface area (Å²) in [6.07, 6.45) is 2.52. The normalized spacial score (nSPS) is 10.0. The minimum atomic E-state index is 1.24. The van der Waals surface area contributed by atoms with E-state index in [4.69, 9.17) is 0 Å². The van der Waals surface area contributed by atoms with Crippen molar-refractivity contribution < 1.29 is 0 Å². The molecule has 0 rings (SSSR count). The third kappa shape index (κ3) is 4.19. The summed E-state index contributed by atoms with van der Waals surface area (Å²) in [5.41, 5.74) is 0. The fourth-order valence-electron chi connectivity index (χ4n) is 0.875. The standard InChI is InChI=1S/C6H16BN/c1-4-5-8(3)6-7-2/h7H,4-6H2,1-3H3. The van der Waals surface area contributed by atoms with Crippen LogP contribution in [0.2, 0.25) is 6.82 Å². The molecule has 8 heavy (non-hydrogen) atoms. The van der Waals surface area contributed by atoms with E-state index in [1.807, 2.05) is 0 Å². The highest BCUT2D eigenvalue weighted by atomic mass is 15.1. The number of rotatable bonds is 4. The highest BCUT2D eigenvalue weighted by molar-refractivity contribution is 6.33. The fourth-order valence-corrected chi connectivity index (χ4v) is 0.875. The lowest BCUT2D eigenvalue weighted by molar-refractivity contribution is 0.387. The first-order valence-corrected chi connectivity index (χ1v) is 3.49. The molecule has 0 radical (unpaired) electrons. The molecule has 0 heterocycles. The van der Waals surface area contributed by atoms with E-state index >= 15 is 0 Å². The lowest BCUT2D eigenvalue weighted by Crippen LogP contribution is -2.23. The summed E-state index contributed by atoms with van der Waals surface area (Å²) in [5, 5.41) is 0. The molecule has 0 amide bonds. The summed E-state index contributed by atoms with van der Waals surface area (Å²) in [5.74, 6) is 0. The summed E-state index contributed by atoms with van der Waals surface area (Å²) in [6.45, 7) is 5.67. The van der Waals surface area contributed by atoms with Crippen LogP contribution in [0.4, 0.5) is 0 Å². The van der Waals surface area contributed by atoms with Gasteiger partial charge in [-0.3, -0.25) is 0 Å². The van der Waals surface area contributed by atoms with E-state index < -0.39 is 0 Å². The summed E-state index contributed by atoms with van der Waals surface area (Å²) in [4.78, 5) is 2.36. The number of nitrogens with zero attached hydrogens (tertiary/aromatic N) is 1. The van der Waals surface area contributed by atoms with Crippen LogP contribution < -0.4 is 0 Å². The van der Waals surface area contributed by atoms with Crippen molar-refractivity contribution in [3.05, 3.63) is 0 Å². The third-order valence-corrected chi connectivity index (χ3v) is 1.21. The smallest absolute Gasteiger partial charge is 0.135 e. The first kappa shape index (κ1) is 8.02. The largest absolute Gasteiger partial charge is 0.314 e. The minimum absolute atomic E-state index is 1.24. The predicted octanol–water partition coefficient (Wildman–Crippen LogP) is 0.770. The Hall–Kier alpha value is 0.0249. The quantitative estimate of drug-likeness (QED) is 0.486. The molecule has 0 atom stereocenters. The van der Waals surface area contributed by atoms with Crippen LogP contribution in [0, 0.1) is 0 Å². The van der Waals surface area contributed by atoms with Crippen LogP contribution in [0.15, 0.2) is 0 Å². The number of hydrogen-bond donors (Lipinski definition) is 0. The van der Waals surface area contributed by atoms with Gasteiger partial charge in [0.25, 0.3) is 0 Å². The fraction of sp³-hybridized carbons (Fsp3) is 1.00. The van der Waals surface area contributed by atoms with Crippen molar-refractivity contribution in [1.82, 2.24) is 4.90 Å². The van der Waals surface area contributed by atoms with E-state index in [2.05, 4.69) is 25.7 Å². The van der Waals surface area contributed by atoms with Crippen LogP contribution in [0.5, 0.6) is 0 Å². The summed E-state index contributed by atoms with van der Waals surface area (Å²) < 4.78 is 0.